The van der Waals surface area contributed by atoms with E-state index in [4.69, 9.17) is 4.74 Å². The van der Waals surface area contributed by atoms with E-state index in [9.17, 15) is 14.4 Å². The van der Waals surface area contributed by atoms with E-state index in [1.165, 1.54) is 0 Å². The van der Waals surface area contributed by atoms with Crippen LogP contribution in [0.15, 0.2) is 11.6 Å². The third-order valence-corrected chi connectivity index (χ3v) is 2.21. The van der Waals surface area contributed by atoms with Crippen LogP contribution in [-0.2, 0) is 23.9 Å². The maximum Gasteiger partial charge on any atom is 0.333 e. The lowest BCUT2D eigenvalue weighted by Gasteiger charge is -2.06. The number of hydrogen-bond acceptors (Lipinski definition) is 5. The molecule has 1 heterocycles. The van der Waals surface area contributed by atoms with E-state index in [2.05, 4.69) is 4.74 Å². The molecule has 1 saturated heterocycles. The van der Waals surface area contributed by atoms with Crippen LogP contribution < -0.4 is 0 Å². The molecule has 1 unspecified atom stereocenters. The fraction of sp³-hybridized carbons (Fsp3) is 0.545. The van der Waals surface area contributed by atoms with Crippen molar-refractivity contribution < 1.29 is 23.9 Å². The second-order valence-corrected chi connectivity index (χ2v) is 3.59. The summed E-state index contributed by atoms with van der Waals surface area (Å²) >= 11 is 0. The lowest BCUT2D eigenvalue weighted by molar-refractivity contribution is -0.153. The van der Waals surface area contributed by atoms with Gasteiger partial charge < -0.3 is 9.47 Å². The summed E-state index contributed by atoms with van der Waals surface area (Å²) in [5.41, 5.74) is 0.500. The Hall–Kier alpha value is -1.65. The molecular formula is C11H14O5. The van der Waals surface area contributed by atoms with E-state index in [0.29, 0.717) is 5.57 Å². The minimum Gasteiger partial charge on any atom is -0.461 e. The highest BCUT2D eigenvalue weighted by Crippen LogP contribution is 2.16. The molecule has 1 rings (SSSR count). The van der Waals surface area contributed by atoms with Crippen LogP contribution in [0.5, 0.6) is 0 Å². The molecule has 0 aliphatic carbocycles. The van der Waals surface area contributed by atoms with Gasteiger partial charge in [0.1, 0.15) is 12.5 Å². The summed E-state index contributed by atoms with van der Waals surface area (Å²) < 4.78 is 9.23. The van der Waals surface area contributed by atoms with Gasteiger partial charge in [-0.15, -0.1) is 0 Å². The third kappa shape index (κ3) is 3.18. The molecule has 5 heteroatoms. The monoisotopic (exact) mass is 226 g/mol. The maximum absolute atomic E-state index is 11.4. The van der Waals surface area contributed by atoms with Crippen molar-refractivity contribution in [2.75, 3.05) is 6.61 Å². The largest absolute Gasteiger partial charge is 0.461 e. The Bertz CT molecular complexity index is 342. The molecule has 1 atom stereocenters. The molecule has 1 aliphatic rings. The highest BCUT2D eigenvalue weighted by Gasteiger charge is 2.34. The normalized spacial score (nSPS) is 20.9. The van der Waals surface area contributed by atoms with Gasteiger partial charge in [-0.05, 0) is 13.3 Å². The Morgan fingerprint density at radius 2 is 2.25 bits per heavy atom. The molecule has 88 valence electrons. The van der Waals surface area contributed by atoms with Crippen molar-refractivity contribution in [3.63, 3.8) is 0 Å². The summed E-state index contributed by atoms with van der Waals surface area (Å²) in [4.78, 5) is 33.1. The van der Waals surface area contributed by atoms with E-state index in [1.54, 1.807) is 13.0 Å². The first kappa shape index (κ1) is 12.4. The lowest BCUT2D eigenvalue weighted by Crippen LogP contribution is -2.18. The molecule has 1 fully saturated rings. The van der Waals surface area contributed by atoms with Crippen LogP contribution in [0.25, 0.3) is 0 Å². The number of ether oxygens (including phenoxy) is 2. The lowest BCUT2D eigenvalue weighted by atomic mass is 10.1. The van der Waals surface area contributed by atoms with Gasteiger partial charge in [0.05, 0.1) is 6.42 Å². The third-order valence-electron chi connectivity index (χ3n) is 2.21. The van der Waals surface area contributed by atoms with E-state index in [0.717, 1.165) is 6.42 Å². The summed E-state index contributed by atoms with van der Waals surface area (Å²) in [7, 11) is 0. The Balaban J connectivity index is 2.40. The Kier molecular flexibility index (Phi) is 4.22. The average Bonchev–Trinajstić information content (AvgIpc) is 2.54. The van der Waals surface area contributed by atoms with Crippen LogP contribution in [0, 0.1) is 5.92 Å². The zero-order chi connectivity index (χ0) is 12.1. The number of hydrogen-bond donors (Lipinski definition) is 0. The predicted molar refractivity (Wildman–Crippen MR) is 54.2 cm³/mol. The predicted octanol–water partition coefficient (Wildman–Crippen LogP) is 0.976. The van der Waals surface area contributed by atoms with Crippen LogP contribution in [0.4, 0.5) is 0 Å². The van der Waals surface area contributed by atoms with Crippen molar-refractivity contribution in [3.8, 4) is 0 Å². The van der Waals surface area contributed by atoms with Gasteiger partial charge in [-0.3, -0.25) is 9.59 Å². The summed E-state index contributed by atoms with van der Waals surface area (Å²) in [5.74, 6) is -2.29. The van der Waals surface area contributed by atoms with Crippen LogP contribution >= 0.6 is 0 Å². The van der Waals surface area contributed by atoms with Crippen molar-refractivity contribution in [3.05, 3.63) is 11.6 Å². The zero-order valence-electron chi connectivity index (χ0n) is 9.32. The molecule has 0 amide bonds. The molecule has 0 spiro atoms. The quantitative estimate of drug-likeness (QED) is 0.406. The molecule has 0 saturated carbocycles. The van der Waals surface area contributed by atoms with Crippen molar-refractivity contribution in [1.82, 2.24) is 0 Å². The van der Waals surface area contributed by atoms with Gasteiger partial charge in [0.15, 0.2) is 0 Å². The van der Waals surface area contributed by atoms with Gasteiger partial charge in [-0.1, -0.05) is 13.0 Å². The van der Waals surface area contributed by atoms with Crippen LogP contribution in [-0.4, -0.2) is 24.5 Å². The van der Waals surface area contributed by atoms with E-state index in [1.807, 2.05) is 6.92 Å². The van der Waals surface area contributed by atoms with E-state index in [-0.39, 0.29) is 13.0 Å². The zero-order valence-corrected chi connectivity index (χ0v) is 9.32. The molecule has 16 heavy (non-hydrogen) atoms. The molecule has 0 aromatic heterocycles. The number of rotatable bonds is 4. The topological polar surface area (TPSA) is 69.7 Å². The van der Waals surface area contributed by atoms with E-state index >= 15 is 0 Å². The highest BCUT2D eigenvalue weighted by atomic mass is 16.6. The van der Waals surface area contributed by atoms with Crippen LogP contribution in [0.2, 0.25) is 0 Å². The number of carbonyl (C=O) groups excluding carboxylic acids is 3. The Morgan fingerprint density at radius 1 is 1.56 bits per heavy atom. The molecule has 5 nitrogen and oxygen atoms in total. The molecule has 0 aromatic carbocycles. The van der Waals surface area contributed by atoms with Crippen molar-refractivity contribution >= 4 is 17.9 Å². The first-order chi connectivity index (χ1) is 7.54. The summed E-state index contributed by atoms with van der Waals surface area (Å²) in [6.45, 7) is 3.45. The van der Waals surface area contributed by atoms with Gasteiger partial charge >= 0.3 is 17.9 Å². The highest BCUT2D eigenvalue weighted by molar-refractivity contribution is 5.95. The Labute approximate surface area is 93.4 Å². The summed E-state index contributed by atoms with van der Waals surface area (Å²) in [6.07, 6.45) is 2.47. The number of esters is 3. The van der Waals surface area contributed by atoms with Gasteiger partial charge in [-0.25, -0.2) is 4.79 Å². The van der Waals surface area contributed by atoms with E-state index < -0.39 is 23.8 Å². The van der Waals surface area contributed by atoms with Gasteiger partial charge in [0, 0.05) is 5.57 Å². The average molecular weight is 226 g/mol. The number of carbonyl (C=O) groups is 3. The number of cyclic esters (lactones) is 2. The first-order valence-corrected chi connectivity index (χ1v) is 5.13. The second kappa shape index (κ2) is 5.44. The molecule has 1 aliphatic heterocycles. The molecular weight excluding hydrogens is 212 g/mol. The van der Waals surface area contributed by atoms with Crippen molar-refractivity contribution in [2.45, 2.75) is 26.7 Å². The second-order valence-electron chi connectivity index (χ2n) is 3.59. The smallest absolute Gasteiger partial charge is 0.333 e. The summed E-state index contributed by atoms with van der Waals surface area (Å²) in [6, 6.07) is 0. The van der Waals surface area contributed by atoms with Crippen molar-refractivity contribution in [2.24, 2.45) is 5.92 Å². The van der Waals surface area contributed by atoms with Crippen LogP contribution in [0.3, 0.4) is 0 Å². The number of allylic oxidation sites excluding steroid dienone is 1. The van der Waals surface area contributed by atoms with Gasteiger partial charge in [0.2, 0.25) is 0 Å². The standard InChI is InChI=1S/C11H14O5/c1-3-4-7(2)10(13)15-6-8-5-9(12)16-11(8)14/h4,8H,3,5-6H2,1-2H3/b7-4+. The van der Waals surface area contributed by atoms with Gasteiger partial charge in [0.25, 0.3) is 0 Å². The molecule has 0 bridgehead atoms. The molecule has 0 radical (unpaired) electrons. The minimum absolute atomic E-state index is 0.0113. The van der Waals surface area contributed by atoms with Crippen LogP contribution in [0.1, 0.15) is 26.7 Å². The minimum atomic E-state index is -0.647. The fourth-order valence-electron chi connectivity index (χ4n) is 1.33. The molecule has 0 N–H and O–H groups in total. The maximum atomic E-state index is 11.4. The van der Waals surface area contributed by atoms with Crippen molar-refractivity contribution in [1.29, 1.82) is 0 Å². The SMILES string of the molecule is CC/C=C(\C)C(=O)OCC1CC(=O)OC1=O. The fourth-order valence-corrected chi connectivity index (χ4v) is 1.33. The first-order valence-electron chi connectivity index (χ1n) is 5.13. The molecule has 0 aromatic rings. The summed E-state index contributed by atoms with van der Waals surface area (Å²) in [5, 5.41) is 0. The van der Waals surface area contributed by atoms with Gasteiger partial charge in [-0.2, -0.15) is 0 Å². The Morgan fingerprint density at radius 3 is 2.75 bits per heavy atom.